The van der Waals surface area contributed by atoms with E-state index in [1.165, 1.54) is 12.3 Å². The van der Waals surface area contributed by atoms with Crippen LogP contribution in [0.3, 0.4) is 0 Å². The summed E-state index contributed by atoms with van der Waals surface area (Å²) in [4.78, 5) is 3.42. The van der Waals surface area contributed by atoms with Crippen LogP contribution < -0.4 is 0 Å². The van der Waals surface area contributed by atoms with Crippen LogP contribution in [0, 0.1) is 5.95 Å². The summed E-state index contributed by atoms with van der Waals surface area (Å²) in [5, 5.41) is 0. The number of alkyl halides is 2. The average Bonchev–Trinajstić information content (AvgIpc) is 2.01. The predicted octanol–water partition coefficient (Wildman–Crippen LogP) is 2.73. The molecule has 70 valence electrons. The van der Waals surface area contributed by atoms with Crippen molar-refractivity contribution in [3.05, 3.63) is 29.8 Å². The molecule has 0 saturated heterocycles. The van der Waals surface area contributed by atoms with E-state index < -0.39 is 11.9 Å². The Balaban J connectivity index is 2.16. The van der Waals surface area contributed by atoms with E-state index in [0.717, 1.165) is 0 Å². The number of halogens is 3. The Morgan fingerprint density at radius 1 is 1.38 bits per heavy atom. The van der Waals surface area contributed by atoms with Gasteiger partial charge in [0.15, 0.2) is 0 Å². The Morgan fingerprint density at radius 2 is 2.08 bits per heavy atom. The lowest BCUT2D eigenvalue weighted by atomic mass is 9.77. The molecule has 0 aromatic carbocycles. The first kappa shape index (κ1) is 8.53. The number of hydrogen-bond donors (Lipinski definition) is 0. The topological polar surface area (TPSA) is 12.9 Å². The molecule has 0 bridgehead atoms. The summed E-state index contributed by atoms with van der Waals surface area (Å²) >= 11 is 0. The van der Waals surface area contributed by atoms with Gasteiger partial charge in [0.1, 0.15) is 0 Å². The van der Waals surface area contributed by atoms with Crippen LogP contribution in [0.1, 0.15) is 24.3 Å². The van der Waals surface area contributed by atoms with Crippen LogP contribution >= 0.6 is 0 Å². The zero-order valence-electron chi connectivity index (χ0n) is 6.80. The number of aromatic nitrogens is 1. The number of nitrogens with zero attached hydrogens (tertiary/aromatic N) is 1. The smallest absolute Gasteiger partial charge is 0.228 e. The average molecular weight is 187 g/mol. The minimum absolute atomic E-state index is 0.254. The molecule has 4 heteroatoms. The third kappa shape index (κ3) is 1.53. The molecule has 0 atom stereocenters. The maximum Gasteiger partial charge on any atom is 0.249 e. The van der Waals surface area contributed by atoms with Crippen molar-refractivity contribution >= 4 is 0 Å². The molecule has 1 aliphatic rings. The van der Waals surface area contributed by atoms with Gasteiger partial charge in [0, 0.05) is 24.6 Å². The maximum atomic E-state index is 13.0. The van der Waals surface area contributed by atoms with Gasteiger partial charge in [0.2, 0.25) is 11.9 Å². The second-order valence-corrected chi connectivity index (χ2v) is 3.34. The fourth-order valence-electron chi connectivity index (χ4n) is 1.58. The molecule has 1 nitrogen and oxygen atoms in total. The largest absolute Gasteiger partial charge is 0.249 e. The fourth-order valence-corrected chi connectivity index (χ4v) is 1.58. The van der Waals surface area contributed by atoms with E-state index in [0.29, 0.717) is 5.56 Å². The van der Waals surface area contributed by atoms with Gasteiger partial charge in [-0.3, -0.25) is 0 Å². The second kappa shape index (κ2) is 2.72. The Labute approximate surface area is 73.6 Å². The van der Waals surface area contributed by atoms with Crippen LogP contribution in [0.5, 0.6) is 0 Å². The third-order valence-electron chi connectivity index (χ3n) is 2.32. The highest BCUT2D eigenvalue weighted by Crippen LogP contribution is 2.48. The quantitative estimate of drug-likeness (QED) is 0.616. The Bertz CT molecular complexity index is 316. The van der Waals surface area contributed by atoms with Crippen LogP contribution in [0.25, 0.3) is 0 Å². The van der Waals surface area contributed by atoms with Gasteiger partial charge in [-0.2, -0.15) is 4.39 Å². The van der Waals surface area contributed by atoms with Gasteiger partial charge in [-0.05, 0) is 12.0 Å². The molecule has 1 heterocycles. The van der Waals surface area contributed by atoms with Crippen molar-refractivity contribution in [1.82, 2.24) is 4.98 Å². The third-order valence-corrected chi connectivity index (χ3v) is 2.32. The molecule has 0 spiro atoms. The molecule has 1 aromatic rings. The second-order valence-electron chi connectivity index (χ2n) is 3.34. The summed E-state index contributed by atoms with van der Waals surface area (Å²) in [5.41, 5.74) is 0.313. The molecular weight excluding hydrogens is 179 g/mol. The van der Waals surface area contributed by atoms with E-state index >= 15 is 0 Å². The summed E-state index contributed by atoms with van der Waals surface area (Å²) < 4.78 is 37.9. The number of rotatable bonds is 1. The van der Waals surface area contributed by atoms with Gasteiger partial charge in [0.05, 0.1) is 0 Å². The minimum Gasteiger partial charge on any atom is -0.228 e. The highest BCUT2D eigenvalue weighted by Gasteiger charge is 2.46. The summed E-state index contributed by atoms with van der Waals surface area (Å²) in [6, 6.07) is 3.08. The Hall–Kier alpha value is -1.06. The van der Waals surface area contributed by atoms with Crippen molar-refractivity contribution in [2.24, 2.45) is 0 Å². The summed E-state index contributed by atoms with van der Waals surface area (Å²) in [6.45, 7) is 0. The molecular formula is C9H8F3N. The van der Waals surface area contributed by atoms with E-state index in [2.05, 4.69) is 4.98 Å². The van der Waals surface area contributed by atoms with Crippen molar-refractivity contribution < 1.29 is 13.2 Å². The monoisotopic (exact) mass is 187 g/mol. The lowest BCUT2D eigenvalue weighted by Crippen LogP contribution is -2.34. The number of pyridine rings is 1. The first-order valence-corrected chi connectivity index (χ1v) is 4.07. The van der Waals surface area contributed by atoms with Crippen LogP contribution in [-0.2, 0) is 0 Å². The molecule has 1 saturated carbocycles. The summed E-state index contributed by atoms with van der Waals surface area (Å²) in [5.74, 6) is -3.58. The lowest BCUT2D eigenvalue weighted by Gasteiger charge is -2.34. The Kier molecular flexibility index (Phi) is 1.78. The molecule has 1 aliphatic carbocycles. The van der Waals surface area contributed by atoms with E-state index in [-0.39, 0.29) is 18.8 Å². The van der Waals surface area contributed by atoms with Crippen molar-refractivity contribution in [1.29, 1.82) is 0 Å². The van der Waals surface area contributed by atoms with Crippen LogP contribution in [0.4, 0.5) is 13.2 Å². The molecule has 1 aromatic heterocycles. The maximum absolute atomic E-state index is 13.0. The zero-order chi connectivity index (χ0) is 9.47. The van der Waals surface area contributed by atoms with Gasteiger partial charge in [-0.1, -0.05) is 6.07 Å². The van der Waals surface area contributed by atoms with Crippen molar-refractivity contribution in [2.45, 2.75) is 24.7 Å². The lowest BCUT2D eigenvalue weighted by molar-refractivity contribution is -0.0874. The van der Waals surface area contributed by atoms with E-state index in [1.54, 1.807) is 6.07 Å². The van der Waals surface area contributed by atoms with Crippen molar-refractivity contribution in [3.8, 4) is 0 Å². The standard InChI is InChI=1S/C9H8F3N/c10-8-7(2-1-3-13-8)6-4-9(11,12)5-6/h1-3,6H,4-5H2. The zero-order valence-corrected chi connectivity index (χ0v) is 6.80. The van der Waals surface area contributed by atoms with Crippen LogP contribution in [0.15, 0.2) is 18.3 Å². The summed E-state index contributed by atoms with van der Waals surface area (Å²) in [6.07, 6.45) is 0.806. The number of hydrogen-bond acceptors (Lipinski definition) is 1. The van der Waals surface area contributed by atoms with Gasteiger partial charge >= 0.3 is 0 Å². The molecule has 13 heavy (non-hydrogen) atoms. The first-order chi connectivity index (χ1) is 6.08. The first-order valence-electron chi connectivity index (χ1n) is 4.07. The molecule has 0 aliphatic heterocycles. The normalized spacial score (nSPS) is 21.2. The SMILES string of the molecule is Fc1ncccc1C1CC(F)(F)C1. The van der Waals surface area contributed by atoms with E-state index in [9.17, 15) is 13.2 Å². The van der Waals surface area contributed by atoms with Gasteiger partial charge in [-0.25, -0.2) is 13.8 Å². The van der Waals surface area contributed by atoms with Gasteiger partial charge in [-0.15, -0.1) is 0 Å². The van der Waals surface area contributed by atoms with Gasteiger partial charge in [0.25, 0.3) is 0 Å². The van der Waals surface area contributed by atoms with E-state index in [1.807, 2.05) is 0 Å². The summed E-state index contributed by atoms with van der Waals surface area (Å²) in [7, 11) is 0. The highest BCUT2D eigenvalue weighted by molar-refractivity contribution is 5.20. The molecule has 1 fully saturated rings. The Morgan fingerprint density at radius 3 is 2.62 bits per heavy atom. The van der Waals surface area contributed by atoms with Crippen LogP contribution in [0.2, 0.25) is 0 Å². The molecule has 0 N–H and O–H groups in total. The van der Waals surface area contributed by atoms with Crippen molar-refractivity contribution in [2.75, 3.05) is 0 Å². The molecule has 0 radical (unpaired) electrons. The van der Waals surface area contributed by atoms with Crippen LogP contribution in [-0.4, -0.2) is 10.9 Å². The molecule has 0 unspecified atom stereocenters. The van der Waals surface area contributed by atoms with Gasteiger partial charge < -0.3 is 0 Å². The molecule has 2 rings (SSSR count). The highest BCUT2D eigenvalue weighted by atomic mass is 19.3. The van der Waals surface area contributed by atoms with Crippen molar-refractivity contribution in [3.63, 3.8) is 0 Å². The fraction of sp³-hybridized carbons (Fsp3) is 0.444. The molecule has 0 amide bonds. The minimum atomic E-state index is -2.60. The van der Waals surface area contributed by atoms with E-state index in [4.69, 9.17) is 0 Å². The predicted molar refractivity (Wildman–Crippen MR) is 41.1 cm³/mol.